The maximum absolute atomic E-state index is 12.7. The summed E-state index contributed by atoms with van der Waals surface area (Å²) in [6, 6.07) is 1.26. The first-order chi connectivity index (χ1) is 6.54. The van der Waals surface area contributed by atoms with Crippen molar-refractivity contribution in [3.63, 3.8) is 0 Å². The van der Waals surface area contributed by atoms with Crippen LogP contribution in [0.3, 0.4) is 0 Å². The molecule has 78 valence electrons. The molecule has 0 unspecified atom stereocenters. The van der Waals surface area contributed by atoms with Crippen molar-refractivity contribution < 1.29 is 26.7 Å². The molecule has 0 atom stereocenters. The molecule has 0 spiro atoms. The number of rotatable bonds is 3. The Morgan fingerprint density at radius 2 is 1.86 bits per heavy atom. The molecule has 6 heteroatoms. The normalized spacial score (nSPS) is 10.7. The van der Waals surface area contributed by atoms with Gasteiger partial charge in [0.15, 0.2) is 11.6 Å². The van der Waals surface area contributed by atoms with Crippen molar-refractivity contribution in [3.8, 4) is 5.75 Å². The van der Waals surface area contributed by atoms with E-state index in [9.17, 15) is 22.0 Å². The van der Waals surface area contributed by atoms with Gasteiger partial charge in [-0.2, -0.15) is 13.2 Å². The minimum Gasteiger partial charge on any atom is -0.432 e. The Hall–Kier alpha value is -1.33. The molecule has 0 N–H and O–H groups in total. The highest BCUT2D eigenvalue weighted by Crippen LogP contribution is 2.24. The quantitative estimate of drug-likeness (QED) is 0.699. The average molecular weight is 212 g/mol. The van der Waals surface area contributed by atoms with Crippen molar-refractivity contribution in [1.29, 1.82) is 0 Å². The van der Waals surface area contributed by atoms with Gasteiger partial charge in [-0.15, -0.1) is 0 Å². The van der Waals surface area contributed by atoms with E-state index < -0.39 is 30.7 Å². The summed E-state index contributed by atoms with van der Waals surface area (Å²) in [4.78, 5) is 0. The SMILES string of the molecule is FCc1cc(F)c(F)c(OC(F)F)c1. The Morgan fingerprint density at radius 3 is 2.36 bits per heavy atom. The van der Waals surface area contributed by atoms with Gasteiger partial charge in [-0.25, -0.2) is 8.78 Å². The van der Waals surface area contributed by atoms with Gasteiger partial charge < -0.3 is 4.74 Å². The van der Waals surface area contributed by atoms with Crippen molar-refractivity contribution in [2.45, 2.75) is 13.3 Å². The highest BCUT2D eigenvalue weighted by atomic mass is 19.3. The van der Waals surface area contributed by atoms with Gasteiger partial charge >= 0.3 is 6.61 Å². The van der Waals surface area contributed by atoms with Gasteiger partial charge in [0.2, 0.25) is 5.82 Å². The van der Waals surface area contributed by atoms with E-state index >= 15 is 0 Å². The van der Waals surface area contributed by atoms with Crippen molar-refractivity contribution in [2.24, 2.45) is 0 Å². The molecule has 0 aliphatic carbocycles. The van der Waals surface area contributed by atoms with E-state index in [4.69, 9.17) is 0 Å². The van der Waals surface area contributed by atoms with Crippen LogP contribution in [-0.2, 0) is 6.67 Å². The minimum absolute atomic E-state index is 0.264. The third-order valence-corrected chi connectivity index (χ3v) is 1.42. The second kappa shape index (κ2) is 4.26. The molecule has 0 aromatic heterocycles. The fraction of sp³-hybridized carbons (Fsp3) is 0.250. The minimum atomic E-state index is -3.28. The predicted molar refractivity (Wildman–Crippen MR) is 37.8 cm³/mol. The van der Waals surface area contributed by atoms with Gasteiger partial charge in [0.25, 0.3) is 0 Å². The molecule has 0 saturated carbocycles. The van der Waals surface area contributed by atoms with Gasteiger partial charge in [0, 0.05) is 0 Å². The van der Waals surface area contributed by atoms with Crippen LogP contribution in [0.4, 0.5) is 22.0 Å². The molecular weight excluding hydrogens is 207 g/mol. The summed E-state index contributed by atoms with van der Waals surface area (Å²) in [5.74, 6) is -3.97. The summed E-state index contributed by atoms with van der Waals surface area (Å²) in [5, 5.41) is 0. The zero-order valence-electron chi connectivity index (χ0n) is 6.74. The van der Waals surface area contributed by atoms with E-state index in [1.54, 1.807) is 0 Å². The van der Waals surface area contributed by atoms with E-state index in [-0.39, 0.29) is 5.56 Å². The summed E-state index contributed by atoms with van der Waals surface area (Å²) < 4.78 is 64.3. The lowest BCUT2D eigenvalue weighted by atomic mass is 10.2. The Labute approximate surface area is 76.1 Å². The first-order valence-corrected chi connectivity index (χ1v) is 3.53. The lowest BCUT2D eigenvalue weighted by Crippen LogP contribution is -2.05. The lowest BCUT2D eigenvalue weighted by molar-refractivity contribution is -0.0525. The summed E-state index contributed by atoms with van der Waals surface area (Å²) in [6.07, 6.45) is 0. The van der Waals surface area contributed by atoms with Crippen LogP contribution in [0.25, 0.3) is 0 Å². The van der Waals surface area contributed by atoms with Crippen molar-refractivity contribution in [2.75, 3.05) is 0 Å². The highest BCUT2D eigenvalue weighted by Gasteiger charge is 2.15. The topological polar surface area (TPSA) is 9.23 Å². The summed E-state index contributed by atoms with van der Waals surface area (Å²) in [7, 11) is 0. The van der Waals surface area contributed by atoms with Crippen molar-refractivity contribution in [3.05, 3.63) is 29.3 Å². The van der Waals surface area contributed by atoms with Crippen LogP contribution < -0.4 is 4.74 Å². The number of hydrogen-bond donors (Lipinski definition) is 0. The number of alkyl halides is 3. The molecule has 14 heavy (non-hydrogen) atoms. The van der Waals surface area contributed by atoms with E-state index in [1.165, 1.54) is 0 Å². The maximum atomic E-state index is 12.7. The second-order valence-corrected chi connectivity index (χ2v) is 2.40. The zero-order chi connectivity index (χ0) is 10.7. The molecular formula is C8H5F5O. The lowest BCUT2D eigenvalue weighted by Gasteiger charge is -2.07. The van der Waals surface area contributed by atoms with Crippen molar-refractivity contribution >= 4 is 0 Å². The molecule has 0 aliphatic heterocycles. The van der Waals surface area contributed by atoms with E-state index in [1.807, 2.05) is 0 Å². The number of benzene rings is 1. The molecule has 0 aliphatic rings. The van der Waals surface area contributed by atoms with Crippen LogP contribution in [0.15, 0.2) is 12.1 Å². The molecule has 0 heterocycles. The van der Waals surface area contributed by atoms with Crippen LogP contribution in [0.2, 0.25) is 0 Å². The number of ether oxygens (including phenoxy) is 1. The first kappa shape index (κ1) is 10.7. The third-order valence-electron chi connectivity index (χ3n) is 1.42. The molecule has 0 radical (unpaired) electrons. The Morgan fingerprint density at radius 1 is 1.21 bits per heavy atom. The Balaban J connectivity index is 3.07. The smallest absolute Gasteiger partial charge is 0.387 e. The van der Waals surface area contributed by atoms with Crippen molar-refractivity contribution in [1.82, 2.24) is 0 Å². The average Bonchev–Trinajstić information content (AvgIpc) is 2.11. The summed E-state index contributed by atoms with van der Waals surface area (Å²) in [5.41, 5.74) is -0.264. The zero-order valence-corrected chi connectivity index (χ0v) is 6.74. The molecule has 0 bridgehead atoms. The molecule has 1 rings (SSSR count). The number of halogens is 5. The highest BCUT2D eigenvalue weighted by molar-refractivity contribution is 5.31. The monoisotopic (exact) mass is 212 g/mol. The molecule has 0 saturated heterocycles. The summed E-state index contributed by atoms with van der Waals surface area (Å²) in [6.45, 7) is -4.37. The van der Waals surface area contributed by atoms with Gasteiger partial charge in [-0.3, -0.25) is 0 Å². The van der Waals surface area contributed by atoms with Gasteiger partial charge in [0.05, 0.1) is 0 Å². The van der Waals surface area contributed by atoms with E-state index in [2.05, 4.69) is 4.74 Å². The van der Waals surface area contributed by atoms with Crippen LogP contribution in [0.1, 0.15) is 5.56 Å². The van der Waals surface area contributed by atoms with Gasteiger partial charge in [0.1, 0.15) is 6.67 Å². The van der Waals surface area contributed by atoms with Crippen LogP contribution in [0, 0.1) is 11.6 Å². The predicted octanol–water partition coefficient (Wildman–Crippen LogP) is 3.04. The van der Waals surface area contributed by atoms with E-state index in [0.29, 0.717) is 12.1 Å². The molecule has 0 amide bonds. The fourth-order valence-electron chi connectivity index (χ4n) is 0.876. The fourth-order valence-corrected chi connectivity index (χ4v) is 0.876. The Bertz CT molecular complexity index is 326. The van der Waals surface area contributed by atoms with Crippen LogP contribution >= 0.6 is 0 Å². The van der Waals surface area contributed by atoms with Crippen LogP contribution in [-0.4, -0.2) is 6.61 Å². The first-order valence-electron chi connectivity index (χ1n) is 3.53. The van der Waals surface area contributed by atoms with E-state index in [0.717, 1.165) is 0 Å². The Kier molecular flexibility index (Phi) is 3.27. The third kappa shape index (κ3) is 2.34. The molecule has 1 aromatic carbocycles. The molecule has 1 aromatic rings. The molecule has 0 fully saturated rings. The largest absolute Gasteiger partial charge is 0.432 e. The molecule has 1 nitrogen and oxygen atoms in total. The number of hydrogen-bond acceptors (Lipinski definition) is 1. The standard InChI is InChI=1S/C8H5F5O/c9-3-4-1-5(10)7(11)6(2-4)14-8(12)13/h1-2,8H,3H2. The maximum Gasteiger partial charge on any atom is 0.387 e. The van der Waals surface area contributed by atoms with Gasteiger partial charge in [-0.05, 0) is 17.7 Å². The van der Waals surface area contributed by atoms with Gasteiger partial charge in [-0.1, -0.05) is 0 Å². The summed E-state index contributed by atoms with van der Waals surface area (Å²) >= 11 is 0. The van der Waals surface area contributed by atoms with Crippen LogP contribution in [0.5, 0.6) is 5.75 Å². The second-order valence-electron chi connectivity index (χ2n) is 2.40.